The highest BCUT2D eigenvalue weighted by atomic mass is 15.2. The van der Waals surface area contributed by atoms with Gasteiger partial charge in [-0.25, -0.2) is 0 Å². The Labute approximate surface area is 377 Å². The van der Waals surface area contributed by atoms with E-state index < -0.39 is 0 Å². The Kier molecular flexibility index (Phi) is 11.7. The van der Waals surface area contributed by atoms with Gasteiger partial charge in [-0.15, -0.1) is 0 Å². The predicted octanol–water partition coefficient (Wildman–Crippen LogP) is 17.0. The number of benzene rings is 8. The molecule has 64 heavy (non-hydrogen) atoms. The number of allylic oxidation sites excluding steroid dienone is 11. The van der Waals surface area contributed by atoms with Crippen LogP contribution in [-0.2, 0) is 0 Å². The zero-order valence-electron chi connectivity index (χ0n) is 35.7. The Morgan fingerprint density at radius 3 is 1.17 bits per heavy atom. The zero-order chi connectivity index (χ0) is 42.9. The summed E-state index contributed by atoms with van der Waals surface area (Å²) in [4.78, 5) is 4.72. The van der Waals surface area contributed by atoms with E-state index in [2.05, 4.69) is 283 Å². The van der Waals surface area contributed by atoms with Crippen molar-refractivity contribution in [3.8, 4) is 33.4 Å². The van der Waals surface area contributed by atoms with Gasteiger partial charge in [0.2, 0.25) is 0 Å². The predicted molar refractivity (Wildman–Crippen MR) is 272 cm³/mol. The number of nitrogens with zero attached hydrogens (tertiary/aromatic N) is 2. The highest BCUT2D eigenvalue weighted by Gasteiger charge is 2.18. The molecular weight excluding hydrogens is 773 g/mol. The van der Waals surface area contributed by atoms with Crippen LogP contribution in [0.5, 0.6) is 0 Å². The van der Waals surface area contributed by atoms with Gasteiger partial charge in [-0.1, -0.05) is 206 Å². The van der Waals surface area contributed by atoms with Gasteiger partial charge in [-0.05, 0) is 117 Å². The molecule has 0 heterocycles. The molecule has 10 rings (SSSR count). The van der Waals surface area contributed by atoms with Gasteiger partial charge in [-0.2, -0.15) is 0 Å². The first kappa shape index (κ1) is 39.9. The van der Waals surface area contributed by atoms with Gasteiger partial charge in [0.05, 0.1) is 0 Å². The lowest BCUT2D eigenvalue weighted by Gasteiger charge is -2.28. The van der Waals surface area contributed by atoms with Crippen molar-refractivity contribution in [3.63, 3.8) is 0 Å². The summed E-state index contributed by atoms with van der Waals surface area (Å²) >= 11 is 0. The van der Waals surface area contributed by atoms with Crippen molar-refractivity contribution in [2.75, 3.05) is 9.80 Å². The molecule has 0 radical (unpaired) electrons. The Hall–Kier alpha value is -8.20. The minimum Gasteiger partial charge on any atom is -0.314 e. The summed E-state index contributed by atoms with van der Waals surface area (Å²) in [7, 11) is 0. The second kappa shape index (κ2) is 18.8. The highest BCUT2D eigenvalue weighted by Crippen LogP contribution is 2.39. The fourth-order valence-corrected chi connectivity index (χ4v) is 8.63. The molecule has 0 atom stereocenters. The van der Waals surface area contributed by atoms with Gasteiger partial charge in [0.25, 0.3) is 0 Å². The molecule has 0 bridgehead atoms. The van der Waals surface area contributed by atoms with Crippen molar-refractivity contribution in [1.82, 2.24) is 0 Å². The fourth-order valence-electron chi connectivity index (χ4n) is 8.63. The van der Waals surface area contributed by atoms with Gasteiger partial charge in [0, 0.05) is 46.5 Å². The molecule has 2 nitrogen and oxygen atoms in total. The summed E-state index contributed by atoms with van der Waals surface area (Å²) in [5.74, 6) is 0.245. The molecule has 2 aliphatic rings. The lowest BCUT2D eigenvalue weighted by Crippen LogP contribution is -2.16. The Balaban J connectivity index is 0.930. The summed E-state index contributed by atoms with van der Waals surface area (Å²) in [6, 6.07) is 76.4. The second-order valence-corrected chi connectivity index (χ2v) is 16.1. The molecule has 0 aliphatic heterocycles. The van der Waals surface area contributed by atoms with Crippen LogP contribution >= 0.6 is 0 Å². The van der Waals surface area contributed by atoms with Crippen LogP contribution < -0.4 is 9.80 Å². The Morgan fingerprint density at radius 2 is 0.688 bits per heavy atom. The van der Waals surface area contributed by atoms with Crippen LogP contribution in [-0.4, -0.2) is 0 Å². The highest BCUT2D eigenvalue weighted by molar-refractivity contribution is 5.83. The average molecular weight is 821 g/mol. The molecular formula is C62H48N2. The van der Waals surface area contributed by atoms with E-state index in [1.165, 1.54) is 55.8 Å². The third kappa shape index (κ3) is 8.90. The maximum Gasteiger partial charge on any atom is 0.0462 e. The third-order valence-corrected chi connectivity index (χ3v) is 12.0. The van der Waals surface area contributed by atoms with Gasteiger partial charge in [0.1, 0.15) is 0 Å². The van der Waals surface area contributed by atoms with Crippen LogP contribution in [0.25, 0.3) is 39.0 Å². The van der Waals surface area contributed by atoms with Crippen molar-refractivity contribution in [2.24, 2.45) is 0 Å². The molecule has 0 aromatic heterocycles. The van der Waals surface area contributed by atoms with Crippen LogP contribution in [0.2, 0.25) is 0 Å². The molecule has 0 amide bonds. The Bertz CT molecular complexity index is 2970. The minimum atomic E-state index is 0.245. The number of hydrogen-bond donors (Lipinski definition) is 0. The van der Waals surface area contributed by atoms with Crippen LogP contribution in [0.3, 0.4) is 0 Å². The normalized spacial score (nSPS) is 13.4. The number of hydrogen-bond acceptors (Lipinski definition) is 2. The second-order valence-electron chi connectivity index (χ2n) is 16.1. The van der Waals surface area contributed by atoms with Crippen LogP contribution in [0.4, 0.5) is 28.4 Å². The summed E-state index contributed by atoms with van der Waals surface area (Å²) in [5, 5.41) is 0. The van der Waals surface area contributed by atoms with E-state index in [9.17, 15) is 0 Å². The van der Waals surface area contributed by atoms with Crippen molar-refractivity contribution in [2.45, 2.75) is 12.3 Å². The van der Waals surface area contributed by atoms with E-state index in [1.807, 2.05) is 0 Å². The molecule has 2 aliphatic carbocycles. The largest absolute Gasteiger partial charge is 0.314 e. The summed E-state index contributed by atoms with van der Waals surface area (Å²) in [6.45, 7) is 0. The zero-order valence-corrected chi connectivity index (χ0v) is 35.7. The minimum absolute atomic E-state index is 0.245. The van der Waals surface area contributed by atoms with E-state index in [4.69, 9.17) is 0 Å². The number of rotatable bonds is 11. The van der Waals surface area contributed by atoms with E-state index >= 15 is 0 Å². The molecule has 8 aromatic carbocycles. The summed E-state index contributed by atoms with van der Waals surface area (Å²) in [5.41, 5.74) is 17.6. The van der Waals surface area contributed by atoms with E-state index in [-0.39, 0.29) is 5.92 Å². The Morgan fingerprint density at radius 1 is 0.312 bits per heavy atom. The van der Waals surface area contributed by atoms with E-state index in [1.54, 1.807) is 0 Å². The SMILES string of the molecule is C1=CC=CC(c2ccc(N(C3=CC=C(c4ccc(N(c5ccccc5)c5ccc(-c6ccc(-c7ccccc7)cc6)cc5)cc4)C=CC3)c3ccc(-c4ccccc4)cc3)cc2)C=C1. The molecule has 8 aromatic rings. The molecule has 2 heteroatoms. The molecule has 306 valence electrons. The molecule has 0 N–H and O–H groups in total. The van der Waals surface area contributed by atoms with Crippen molar-refractivity contribution >= 4 is 34.0 Å². The van der Waals surface area contributed by atoms with Crippen molar-refractivity contribution < 1.29 is 0 Å². The number of anilines is 5. The first-order chi connectivity index (χ1) is 31.7. The quantitative estimate of drug-likeness (QED) is 0.128. The van der Waals surface area contributed by atoms with Gasteiger partial charge in [-0.3, -0.25) is 0 Å². The molecule has 0 saturated carbocycles. The van der Waals surface area contributed by atoms with E-state index in [0.29, 0.717) is 0 Å². The van der Waals surface area contributed by atoms with Crippen LogP contribution in [0.1, 0.15) is 23.5 Å². The first-order valence-electron chi connectivity index (χ1n) is 22.1. The average Bonchev–Trinajstić information content (AvgIpc) is 3.81. The maximum absolute atomic E-state index is 2.40. The monoisotopic (exact) mass is 820 g/mol. The molecule has 0 unspecified atom stereocenters. The third-order valence-electron chi connectivity index (χ3n) is 12.0. The van der Waals surface area contributed by atoms with Crippen molar-refractivity contribution in [1.29, 1.82) is 0 Å². The molecule has 0 spiro atoms. The van der Waals surface area contributed by atoms with Crippen LogP contribution in [0.15, 0.2) is 279 Å². The van der Waals surface area contributed by atoms with E-state index in [0.717, 1.165) is 34.9 Å². The van der Waals surface area contributed by atoms with Gasteiger partial charge >= 0.3 is 0 Å². The molecule has 0 fully saturated rings. The summed E-state index contributed by atoms with van der Waals surface area (Å²) < 4.78 is 0. The standard InChI is InChI=1S/C62H48N2/c1-2-7-16-48(15-6-1)53-30-39-61(40-31-53)64(62-41-32-54(33-42-62)49-19-10-4-11-20-49)58-24-14-21-50(29-38-58)55-34-43-59(44-35-55)63(57-22-12-5-13-23-57)60-45-36-56(37-46-60)52-27-25-51(26-28-52)47-17-8-3-9-18-47/h1-23,25-46,48H,24H2. The molecule has 0 saturated heterocycles. The van der Waals surface area contributed by atoms with Gasteiger partial charge in [0.15, 0.2) is 0 Å². The summed E-state index contributed by atoms with van der Waals surface area (Å²) in [6.07, 6.45) is 22.8. The lowest BCUT2D eigenvalue weighted by atomic mass is 9.98. The number of para-hydroxylation sites is 1. The van der Waals surface area contributed by atoms with Gasteiger partial charge < -0.3 is 9.80 Å². The smallest absolute Gasteiger partial charge is 0.0462 e. The van der Waals surface area contributed by atoms with Crippen LogP contribution in [0, 0.1) is 0 Å². The van der Waals surface area contributed by atoms with Crippen molar-refractivity contribution in [3.05, 3.63) is 290 Å². The first-order valence-corrected chi connectivity index (χ1v) is 22.1. The lowest BCUT2D eigenvalue weighted by molar-refractivity contribution is 1.06. The topological polar surface area (TPSA) is 6.48 Å². The maximum atomic E-state index is 2.40. The fraction of sp³-hybridized carbons (Fsp3) is 0.0323.